The van der Waals surface area contributed by atoms with E-state index in [1.54, 1.807) is 11.3 Å². The zero-order chi connectivity index (χ0) is 13.1. The van der Waals surface area contributed by atoms with Gasteiger partial charge in [0.05, 0.1) is 6.54 Å². The summed E-state index contributed by atoms with van der Waals surface area (Å²) in [6.07, 6.45) is 2.41. The van der Waals surface area contributed by atoms with Gasteiger partial charge in [-0.05, 0) is 17.9 Å². The number of carbonyl (C=O) groups is 1. The molecule has 1 amide bonds. The van der Waals surface area contributed by atoms with Crippen molar-refractivity contribution >= 4 is 34.6 Å². The lowest BCUT2D eigenvalue weighted by molar-refractivity contribution is -0.114. The quantitative estimate of drug-likeness (QED) is 0.789. The van der Waals surface area contributed by atoms with E-state index in [9.17, 15) is 4.79 Å². The van der Waals surface area contributed by atoms with Crippen molar-refractivity contribution in [2.24, 2.45) is 0 Å². The molecule has 2 aromatic rings. The van der Waals surface area contributed by atoms with E-state index < -0.39 is 0 Å². The molecule has 0 aromatic carbocycles. The molecule has 3 rings (SSSR count). The zero-order valence-corrected chi connectivity index (χ0v) is 11.0. The molecule has 0 unspecified atom stereocenters. The van der Waals surface area contributed by atoms with Crippen molar-refractivity contribution in [3.63, 3.8) is 0 Å². The number of thiophene rings is 1. The predicted molar refractivity (Wildman–Crippen MR) is 75.7 cm³/mol. The van der Waals surface area contributed by atoms with Gasteiger partial charge < -0.3 is 16.0 Å². The minimum absolute atomic E-state index is 0.0800. The van der Waals surface area contributed by atoms with Crippen molar-refractivity contribution in [1.29, 1.82) is 0 Å². The van der Waals surface area contributed by atoms with Gasteiger partial charge in [0.2, 0.25) is 5.91 Å². The summed E-state index contributed by atoms with van der Waals surface area (Å²) >= 11 is 1.73. The number of rotatable bonds is 4. The van der Waals surface area contributed by atoms with Gasteiger partial charge in [-0.1, -0.05) is 6.07 Å². The van der Waals surface area contributed by atoms with Crippen LogP contribution in [-0.4, -0.2) is 29.0 Å². The highest BCUT2D eigenvalue weighted by Crippen LogP contribution is 2.28. The Labute approximate surface area is 114 Å². The molecular weight excluding hydrogens is 262 g/mol. The second kappa shape index (κ2) is 5.23. The molecule has 3 heterocycles. The molecule has 3 N–H and O–H groups in total. The summed E-state index contributed by atoms with van der Waals surface area (Å²) in [6, 6.07) is 4.14. The predicted octanol–water partition coefficient (Wildman–Crippen LogP) is 1.56. The summed E-state index contributed by atoms with van der Waals surface area (Å²) in [7, 11) is 0. The van der Waals surface area contributed by atoms with Crippen molar-refractivity contribution in [2.45, 2.75) is 6.42 Å². The highest BCUT2D eigenvalue weighted by molar-refractivity contribution is 7.09. The Morgan fingerprint density at radius 1 is 1.42 bits per heavy atom. The number of nitrogens with zero attached hydrogens (tertiary/aromatic N) is 2. The first kappa shape index (κ1) is 11.9. The molecule has 19 heavy (non-hydrogen) atoms. The Morgan fingerprint density at radius 2 is 2.37 bits per heavy atom. The van der Waals surface area contributed by atoms with Gasteiger partial charge in [-0.25, -0.2) is 9.97 Å². The van der Waals surface area contributed by atoms with Gasteiger partial charge in [0.1, 0.15) is 12.0 Å². The first-order valence-electron chi connectivity index (χ1n) is 5.98. The van der Waals surface area contributed by atoms with E-state index in [-0.39, 0.29) is 12.5 Å². The number of anilines is 3. The minimum Gasteiger partial charge on any atom is -0.368 e. The van der Waals surface area contributed by atoms with Crippen LogP contribution in [0.1, 0.15) is 4.88 Å². The van der Waals surface area contributed by atoms with Gasteiger partial charge in [0.15, 0.2) is 11.6 Å². The standard InChI is InChI=1S/C12H13N5OS/c18-9-6-14-12-10(17-9)11(15-7-16-12)13-4-3-8-2-1-5-19-8/h1-2,5,7H,3-4,6H2,(H,17,18)(H2,13,14,15,16). The normalized spacial score (nSPS) is 13.4. The molecule has 0 aliphatic carbocycles. The van der Waals surface area contributed by atoms with Gasteiger partial charge in [0, 0.05) is 11.4 Å². The van der Waals surface area contributed by atoms with Crippen LogP contribution in [0.3, 0.4) is 0 Å². The Bertz CT molecular complexity index is 584. The van der Waals surface area contributed by atoms with E-state index in [4.69, 9.17) is 0 Å². The third-order valence-electron chi connectivity index (χ3n) is 2.77. The second-order valence-corrected chi connectivity index (χ2v) is 5.14. The third kappa shape index (κ3) is 2.65. The van der Waals surface area contributed by atoms with Crippen molar-refractivity contribution in [3.8, 4) is 0 Å². The molecule has 0 fully saturated rings. The number of aromatic nitrogens is 2. The lowest BCUT2D eigenvalue weighted by atomic mass is 10.3. The summed E-state index contributed by atoms with van der Waals surface area (Å²) in [5.74, 6) is 1.24. The van der Waals surface area contributed by atoms with Crippen molar-refractivity contribution < 1.29 is 4.79 Å². The number of nitrogens with one attached hydrogen (secondary N) is 3. The van der Waals surface area contributed by atoms with Crippen LogP contribution in [0.25, 0.3) is 0 Å². The van der Waals surface area contributed by atoms with E-state index in [0.717, 1.165) is 13.0 Å². The summed E-state index contributed by atoms with van der Waals surface area (Å²) in [6.45, 7) is 1.01. The number of fused-ring (bicyclic) bond motifs is 1. The lowest BCUT2D eigenvalue weighted by Gasteiger charge is -2.19. The van der Waals surface area contributed by atoms with Crippen LogP contribution in [0.5, 0.6) is 0 Å². The maximum Gasteiger partial charge on any atom is 0.243 e. The topological polar surface area (TPSA) is 78.9 Å². The van der Waals surface area contributed by atoms with Crippen molar-refractivity contribution in [1.82, 2.24) is 9.97 Å². The maximum absolute atomic E-state index is 11.4. The molecule has 6 nitrogen and oxygen atoms in total. The molecule has 0 atom stereocenters. The number of hydrogen-bond acceptors (Lipinski definition) is 6. The molecule has 1 aliphatic rings. The molecule has 98 valence electrons. The number of hydrogen-bond donors (Lipinski definition) is 3. The first-order valence-corrected chi connectivity index (χ1v) is 6.86. The summed E-state index contributed by atoms with van der Waals surface area (Å²) in [4.78, 5) is 21.0. The van der Waals surface area contributed by atoms with Crippen LogP contribution in [0, 0.1) is 0 Å². The number of carbonyl (C=O) groups excluding carboxylic acids is 1. The summed E-state index contributed by atoms with van der Waals surface area (Å²) in [5.41, 5.74) is 0.630. The third-order valence-corrected chi connectivity index (χ3v) is 3.71. The molecule has 2 aromatic heterocycles. The Morgan fingerprint density at radius 3 is 3.21 bits per heavy atom. The first-order chi connectivity index (χ1) is 9.33. The Balaban J connectivity index is 1.69. The summed E-state index contributed by atoms with van der Waals surface area (Å²) in [5, 5.41) is 11.0. The van der Waals surface area contributed by atoms with Gasteiger partial charge in [-0.3, -0.25) is 4.79 Å². The van der Waals surface area contributed by atoms with Crippen LogP contribution < -0.4 is 16.0 Å². The van der Waals surface area contributed by atoms with E-state index in [1.165, 1.54) is 11.2 Å². The highest BCUT2D eigenvalue weighted by Gasteiger charge is 2.19. The molecule has 0 bridgehead atoms. The van der Waals surface area contributed by atoms with E-state index in [0.29, 0.717) is 17.3 Å². The van der Waals surface area contributed by atoms with E-state index in [1.807, 2.05) is 6.07 Å². The average molecular weight is 275 g/mol. The van der Waals surface area contributed by atoms with E-state index >= 15 is 0 Å². The molecule has 7 heteroatoms. The van der Waals surface area contributed by atoms with Crippen LogP contribution >= 0.6 is 11.3 Å². The van der Waals surface area contributed by atoms with Crippen LogP contribution in [0.4, 0.5) is 17.3 Å². The van der Waals surface area contributed by atoms with Gasteiger partial charge in [-0.2, -0.15) is 0 Å². The summed E-state index contributed by atoms with van der Waals surface area (Å²) < 4.78 is 0. The zero-order valence-electron chi connectivity index (χ0n) is 10.1. The lowest BCUT2D eigenvalue weighted by Crippen LogP contribution is -2.29. The molecule has 0 radical (unpaired) electrons. The minimum atomic E-state index is -0.0800. The molecule has 0 saturated carbocycles. The number of amides is 1. The fourth-order valence-corrected chi connectivity index (χ4v) is 2.59. The Kier molecular flexibility index (Phi) is 3.28. The van der Waals surface area contributed by atoms with Gasteiger partial charge in [0.25, 0.3) is 0 Å². The largest absolute Gasteiger partial charge is 0.368 e. The Hall–Kier alpha value is -2.15. The molecule has 0 spiro atoms. The molecule has 0 saturated heterocycles. The molecule has 1 aliphatic heterocycles. The monoisotopic (exact) mass is 275 g/mol. The van der Waals surface area contributed by atoms with Gasteiger partial charge >= 0.3 is 0 Å². The van der Waals surface area contributed by atoms with Crippen molar-refractivity contribution in [2.75, 3.05) is 29.0 Å². The van der Waals surface area contributed by atoms with Crippen LogP contribution in [0.15, 0.2) is 23.8 Å². The smallest absolute Gasteiger partial charge is 0.243 e. The second-order valence-electron chi connectivity index (χ2n) is 4.10. The van der Waals surface area contributed by atoms with Crippen LogP contribution in [0.2, 0.25) is 0 Å². The fraction of sp³-hybridized carbons (Fsp3) is 0.250. The van der Waals surface area contributed by atoms with Gasteiger partial charge in [-0.15, -0.1) is 11.3 Å². The molecular formula is C12H13N5OS. The van der Waals surface area contributed by atoms with Crippen molar-refractivity contribution in [3.05, 3.63) is 28.7 Å². The van der Waals surface area contributed by atoms with Crippen LogP contribution in [-0.2, 0) is 11.2 Å². The SMILES string of the molecule is O=C1CNc2ncnc(NCCc3cccs3)c2N1. The average Bonchev–Trinajstić information content (AvgIpc) is 2.92. The highest BCUT2D eigenvalue weighted by atomic mass is 32.1. The van der Waals surface area contributed by atoms with E-state index in [2.05, 4.69) is 37.4 Å². The maximum atomic E-state index is 11.4. The fourth-order valence-electron chi connectivity index (χ4n) is 1.88.